The molecule has 0 bridgehead atoms. The lowest BCUT2D eigenvalue weighted by Gasteiger charge is -2.36. The minimum Gasteiger partial charge on any atom is -0.444 e. The average Bonchev–Trinajstić information content (AvgIpc) is 2.27. The van der Waals surface area contributed by atoms with E-state index in [0.717, 1.165) is 0 Å². The number of ether oxygens (including phenoxy) is 1. The fourth-order valence-electron chi connectivity index (χ4n) is 1.79. The second-order valence-corrected chi connectivity index (χ2v) is 5.76. The van der Waals surface area contributed by atoms with Gasteiger partial charge in [0.15, 0.2) is 0 Å². The second kappa shape index (κ2) is 6.00. The zero-order valence-electron chi connectivity index (χ0n) is 11.7. The van der Waals surface area contributed by atoms with Crippen molar-refractivity contribution in [1.29, 1.82) is 0 Å². The lowest BCUT2D eigenvalue weighted by molar-refractivity contribution is -0.0787. The molecule has 7 heteroatoms. The van der Waals surface area contributed by atoms with Crippen molar-refractivity contribution in [3.05, 3.63) is 0 Å². The maximum Gasteiger partial charge on any atom is 0.410 e. The van der Waals surface area contributed by atoms with E-state index in [9.17, 15) is 13.6 Å². The van der Waals surface area contributed by atoms with E-state index < -0.39 is 30.8 Å². The number of hydrogen-bond donors (Lipinski definition) is 1. The van der Waals surface area contributed by atoms with Crippen LogP contribution >= 0.6 is 0 Å². The molecule has 1 amide bonds. The van der Waals surface area contributed by atoms with Gasteiger partial charge in [-0.3, -0.25) is 4.90 Å². The normalized spacial score (nSPS) is 18.5. The zero-order valence-corrected chi connectivity index (χ0v) is 11.7. The predicted octanol–water partition coefficient (Wildman–Crippen LogP) is 1.17. The molecule has 0 aromatic carbocycles. The molecule has 112 valence electrons. The van der Waals surface area contributed by atoms with Gasteiger partial charge in [-0.2, -0.15) is 0 Å². The molecule has 0 aromatic rings. The highest BCUT2D eigenvalue weighted by molar-refractivity contribution is 5.68. The van der Waals surface area contributed by atoms with Crippen LogP contribution in [0, 0.1) is 0 Å². The molecular weight excluding hydrogens is 258 g/mol. The number of amides is 1. The van der Waals surface area contributed by atoms with E-state index in [0.29, 0.717) is 26.2 Å². The number of alkyl halides is 2. The number of aliphatic hydroxyl groups is 1. The molecule has 0 unspecified atom stereocenters. The lowest BCUT2D eigenvalue weighted by atomic mass is 10.2. The number of halogens is 2. The summed E-state index contributed by atoms with van der Waals surface area (Å²) in [7, 11) is 0. The van der Waals surface area contributed by atoms with Gasteiger partial charge in [0.05, 0.1) is 6.54 Å². The summed E-state index contributed by atoms with van der Waals surface area (Å²) >= 11 is 0. The minimum absolute atomic E-state index is 0.356. The van der Waals surface area contributed by atoms with Gasteiger partial charge in [0, 0.05) is 26.2 Å². The Morgan fingerprint density at radius 2 is 1.74 bits per heavy atom. The third-order valence-corrected chi connectivity index (χ3v) is 2.71. The van der Waals surface area contributed by atoms with Crippen LogP contribution in [0.4, 0.5) is 13.6 Å². The number of hydrogen-bond acceptors (Lipinski definition) is 4. The maximum atomic E-state index is 13.0. The zero-order chi connectivity index (χ0) is 14.7. The van der Waals surface area contributed by atoms with Crippen LogP contribution in [0.25, 0.3) is 0 Å². The molecule has 0 saturated carbocycles. The maximum absolute atomic E-state index is 13.0. The van der Waals surface area contributed by atoms with Gasteiger partial charge in [-0.25, -0.2) is 13.6 Å². The van der Waals surface area contributed by atoms with E-state index in [1.165, 1.54) is 9.80 Å². The van der Waals surface area contributed by atoms with Crippen LogP contribution in [-0.4, -0.2) is 71.9 Å². The number of piperazine rings is 1. The number of nitrogens with zero attached hydrogens (tertiary/aromatic N) is 2. The Morgan fingerprint density at radius 3 is 2.16 bits per heavy atom. The highest BCUT2D eigenvalue weighted by Gasteiger charge is 2.33. The number of rotatable bonds is 3. The van der Waals surface area contributed by atoms with Gasteiger partial charge >= 0.3 is 6.09 Å². The fraction of sp³-hybridized carbons (Fsp3) is 0.917. The van der Waals surface area contributed by atoms with Gasteiger partial charge in [-0.15, -0.1) is 0 Å². The SMILES string of the molecule is CC(C)(C)OC(=O)N1CCN(CC(F)(F)CO)CC1. The summed E-state index contributed by atoms with van der Waals surface area (Å²) < 4.78 is 31.3. The van der Waals surface area contributed by atoms with Gasteiger partial charge in [0.1, 0.15) is 12.2 Å². The van der Waals surface area contributed by atoms with Crippen molar-refractivity contribution in [3.63, 3.8) is 0 Å². The molecule has 5 nitrogen and oxygen atoms in total. The Bertz CT molecular complexity index is 311. The summed E-state index contributed by atoms with van der Waals surface area (Å²) in [5, 5.41) is 8.53. The Labute approximate surface area is 112 Å². The van der Waals surface area contributed by atoms with E-state index in [-0.39, 0.29) is 0 Å². The van der Waals surface area contributed by atoms with Crippen LogP contribution < -0.4 is 0 Å². The van der Waals surface area contributed by atoms with E-state index in [1.807, 2.05) is 0 Å². The van der Waals surface area contributed by atoms with Crippen LogP contribution in [0.15, 0.2) is 0 Å². The molecule has 1 fully saturated rings. The van der Waals surface area contributed by atoms with Crippen molar-refractivity contribution in [2.75, 3.05) is 39.3 Å². The van der Waals surface area contributed by atoms with Crippen molar-refractivity contribution in [3.8, 4) is 0 Å². The average molecular weight is 280 g/mol. The lowest BCUT2D eigenvalue weighted by Crippen LogP contribution is -2.52. The topological polar surface area (TPSA) is 53.0 Å². The largest absolute Gasteiger partial charge is 0.444 e. The first kappa shape index (κ1) is 16.1. The number of aliphatic hydroxyl groups excluding tert-OH is 1. The predicted molar refractivity (Wildman–Crippen MR) is 66.3 cm³/mol. The highest BCUT2D eigenvalue weighted by Crippen LogP contribution is 2.16. The van der Waals surface area contributed by atoms with E-state index in [2.05, 4.69) is 0 Å². The molecule has 1 heterocycles. The summed E-state index contributed by atoms with van der Waals surface area (Å²) in [5.74, 6) is -3.09. The van der Waals surface area contributed by atoms with Crippen LogP contribution in [0.1, 0.15) is 20.8 Å². The Morgan fingerprint density at radius 1 is 1.21 bits per heavy atom. The molecule has 1 N–H and O–H groups in total. The smallest absolute Gasteiger partial charge is 0.410 e. The van der Waals surface area contributed by atoms with Crippen LogP contribution in [0.3, 0.4) is 0 Å². The third kappa shape index (κ3) is 5.69. The molecule has 0 atom stereocenters. The van der Waals surface area contributed by atoms with Gasteiger partial charge in [-0.1, -0.05) is 0 Å². The summed E-state index contributed by atoms with van der Waals surface area (Å²) in [4.78, 5) is 14.8. The third-order valence-electron chi connectivity index (χ3n) is 2.71. The Kier molecular flexibility index (Phi) is 5.09. The number of carbonyl (C=O) groups excluding carboxylic acids is 1. The molecule has 0 spiro atoms. The van der Waals surface area contributed by atoms with Crippen molar-refractivity contribution >= 4 is 6.09 Å². The molecular formula is C12H22F2N2O3. The van der Waals surface area contributed by atoms with Gasteiger partial charge in [0.25, 0.3) is 5.92 Å². The fourth-order valence-corrected chi connectivity index (χ4v) is 1.79. The van der Waals surface area contributed by atoms with E-state index in [4.69, 9.17) is 9.84 Å². The molecule has 1 aliphatic heterocycles. The van der Waals surface area contributed by atoms with Gasteiger partial charge < -0.3 is 14.7 Å². The summed E-state index contributed by atoms with van der Waals surface area (Å²) in [6, 6.07) is 0. The van der Waals surface area contributed by atoms with E-state index >= 15 is 0 Å². The first-order valence-corrected chi connectivity index (χ1v) is 6.32. The van der Waals surface area contributed by atoms with Gasteiger partial charge in [0.2, 0.25) is 0 Å². The van der Waals surface area contributed by atoms with Gasteiger partial charge in [-0.05, 0) is 20.8 Å². The quantitative estimate of drug-likeness (QED) is 0.843. The van der Waals surface area contributed by atoms with Crippen molar-refractivity contribution in [2.24, 2.45) is 0 Å². The minimum atomic E-state index is -3.09. The van der Waals surface area contributed by atoms with Crippen molar-refractivity contribution in [1.82, 2.24) is 9.80 Å². The highest BCUT2D eigenvalue weighted by atomic mass is 19.3. The van der Waals surface area contributed by atoms with Crippen LogP contribution in [-0.2, 0) is 4.74 Å². The standard InChI is InChI=1S/C12H22F2N2O3/c1-11(2,3)19-10(18)16-6-4-15(5-7-16)8-12(13,14)9-17/h17H,4-9H2,1-3H3. The molecule has 1 rings (SSSR count). The first-order chi connectivity index (χ1) is 8.63. The summed E-state index contributed by atoms with van der Waals surface area (Å²) in [5.41, 5.74) is -0.557. The van der Waals surface area contributed by atoms with E-state index in [1.54, 1.807) is 20.8 Å². The molecule has 1 aliphatic rings. The number of carbonyl (C=O) groups is 1. The molecule has 0 aromatic heterocycles. The van der Waals surface area contributed by atoms with Crippen LogP contribution in [0.2, 0.25) is 0 Å². The summed E-state index contributed by atoms with van der Waals surface area (Å²) in [6.45, 7) is 5.14. The molecule has 0 radical (unpaired) electrons. The summed E-state index contributed by atoms with van der Waals surface area (Å²) in [6.07, 6.45) is -0.416. The molecule has 0 aliphatic carbocycles. The van der Waals surface area contributed by atoms with Crippen molar-refractivity contribution < 1.29 is 23.4 Å². The molecule has 1 saturated heterocycles. The first-order valence-electron chi connectivity index (χ1n) is 6.32. The monoisotopic (exact) mass is 280 g/mol. The Hall–Kier alpha value is -0.950. The van der Waals surface area contributed by atoms with Crippen LogP contribution in [0.5, 0.6) is 0 Å². The Balaban J connectivity index is 2.39. The molecule has 19 heavy (non-hydrogen) atoms. The second-order valence-electron chi connectivity index (χ2n) is 5.76. The van der Waals surface area contributed by atoms with Crippen molar-refractivity contribution in [2.45, 2.75) is 32.3 Å².